The first-order valence-corrected chi connectivity index (χ1v) is 10.6. The Kier molecular flexibility index (Phi) is 4.81. The zero-order valence-corrected chi connectivity index (χ0v) is 16.4. The quantitative estimate of drug-likeness (QED) is 0.841. The minimum Gasteiger partial charge on any atom is -0.494 e. The summed E-state index contributed by atoms with van der Waals surface area (Å²) in [6.45, 7) is 1.20. The Morgan fingerprint density at radius 2 is 2.00 bits per heavy atom. The van der Waals surface area contributed by atoms with Crippen molar-refractivity contribution in [1.82, 2.24) is 4.90 Å². The van der Waals surface area contributed by atoms with Gasteiger partial charge in [0.2, 0.25) is 10.0 Å². The van der Waals surface area contributed by atoms with E-state index in [1.165, 1.54) is 17.5 Å². The van der Waals surface area contributed by atoms with Crippen LogP contribution in [0.1, 0.15) is 12.0 Å². The van der Waals surface area contributed by atoms with Crippen molar-refractivity contribution in [2.24, 2.45) is 0 Å². The van der Waals surface area contributed by atoms with Crippen LogP contribution in [-0.2, 0) is 16.6 Å². The summed E-state index contributed by atoms with van der Waals surface area (Å²) >= 11 is 0. The second-order valence-electron chi connectivity index (χ2n) is 7.38. The van der Waals surface area contributed by atoms with Crippen LogP contribution < -0.4 is 9.04 Å². The van der Waals surface area contributed by atoms with Gasteiger partial charge in [-0.1, -0.05) is 24.3 Å². The summed E-state index contributed by atoms with van der Waals surface area (Å²) in [5.74, 6) is -0.272. The highest BCUT2D eigenvalue weighted by atomic mass is 32.2. The SMILES string of the molecule is COc1ccc(CN2CCC3(C2)C(O)CN(c2ccccc2)S3(=O)=O)cc1F. The minimum absolute atomic E-state index is 0.0529. The summed E-state index contributed by atoms with van der Waals surface area (Å²) < 4.78 is 45.6. The van der Waals surface area contributed by atoms with Crippen molar-refractivity contribution in [3.05, 3.63) is 59.9 Å². The summed E-state index contributed by atoms with van der Waals surface area (Å²) in [4.78, 5) is 1.95. The Bertz CT molecular complexity index is 969. The molecule has 0 bridgehead atoms. The molecular formula is C20H23FN2O4S. The molecule has 150 valence electrons. The second-order valence-corrected chi connectivity index (χ2v) is 9.59. The number of aliphatic hydroxyl groups is 1. The van der Waals surface area contributed by atoms with Gasteiger partial charge in [0.05, 0.1) is 25.4 Å². The predicted octanol–water partition coefficient (Wildman–Crippen LogP) is 1.99. The van der Waals surface area contributed by atoms with Crippen molar-refractivity contribution in [3.8, 4) is 5.75 Å². The fourth-order valence-electron chi connectivity index (χ4n) is 4.22. The summed E-state index contributed by atoms with van der Waals surface area (Å²) in [5.41, 5.74) is 1.30. The number of sulfonamides is 1. The third-order valence-corrected chi connectivity index (χ3v) is 8.33. The van der Waals surface area contributed by atoms with Gasteiger partial charge in [-0.15, -0.1) is 0 Å². The molecule has 2 unspecified atom stereocenters. The van der Waals surface area contributed by atoms with Gasteiger partial charge in [-0.25, -0.2) is 12.8 Å². The molecule has 0 radical (unpaired) electrons. The number of hydrogen-bond acceptors (Lipinski definition) is 5. The van der Waals surface area contributed by atoms with Crippen molar-refractivity contribution < 1.29 is 22.7 Å². The van der Waals surface area contributed by atoms with Crippen molar-refractivity contribution in [1.29, 1.82) is 0 Å². The van der Waals surface area contributed by atoms with Crippen molar-refractivity contribution in [3.63, 3.8) is 0 Å². The molecule has 1 spiro atoms. The van der Waals surface area contributed by atoms with E-state index in [0.717, 1.165) is 5.56 Å². The third kappa shape index (κ3) is 2.96. The molecule has 0 aromatic heterocycles. The molecule has 2 heterocycles. The standard InChI is InChI=1S/C20H23FN2O4S/c1-27-18-8-7-15(11-17(18)21)12-22-10-9-20(14-22)19(24)13-23(28(20,25)26)16-5-3-2-4-6-16/h2-8,11,19,24H,9-10,12-14H2,1H3. The average molecular weight is 406 g/mol. The lowest BCUT2D eigenvalue weighted by Crippen LogP contribution is -2.47. The number of ether oxygens (including phenoxy) is 1. The van der Waals surface area contributed by atoms with Gasteiger partial charge >= 0.3 is 0 Å². The fourth-order valence-corrected chi connectivity index (χ4v) is 6.51. The number of hydrogen-bond donors (Lipinski definition) is 1. The van der Waals surface area contributed by atoms with Gasteiger partial charge in [-0.3, -0.25) is 9.21 Å². The number of β-amino-alcohol motifs (C(OH)–C–C–N with tert-alkyl or cyclic N) is 1. The Morgan fingerprint density at radius 1 is 1.25 bits per heavy atom. The summed E-state index contributed by atoms with van der Waals surface area (Å²) in [6.07, 6.45) is -0.631. The molecule has 2 aromatic carbocycles. The molecule has 4 rings (SSSR count). The molecule has 6 nitrogen and oxygen atoms in total. The largest absolute Gasteiger partial charge is 0.494 e. The van der Waals surface area contributed by atoms with E-state index in [9.17, 15) is 17.9 Å². The van der Waals surface area contributed by atoms with Crippen LogP contribution >= 0.6 is 0 Å². The minimum atomic E-state index is -3.73. The van der Waals surface area contributed by atoms with Crippen LogP contribution in [0.5, 0.6) is 5.75 Å². The van der Waals surface area contributed by atoms with E-state index >= 15 is 0 Å². The highest BCUT2D eigenvalue weighted by molar-refractivity contribution is 7.94. The Hall–Kier alpha value is -2.16. The summed E-state index contributed by atoms with van der Waals surface area (Å²) in [7, 11) is -2.32. The van der Waals surface area contributed by atoms with E-state index in [2.05, 4.69) is 0 Å². The molecule has 2 aliphatic rings. The fraction of sp³-hybridized carbons (Fsp3) is 0.400. The van der Waals surface area contributed by atoms with Gasteiger partial charge in [-0.2, -0.15) is 0 Å². The summed E-state index contributed by atoms with van der Waals surface area (Å²) in [5, 5.41) is 10.7. The molecule has 2 fully saturated rings. The van der Waals surface area contributed by atoms with Crippen LogP contribution in [0.3, 0.4) is 0 Å². The first-order chi connectivity index (χ1) is 13.4. The molecule has 0 aliphatic carbocycles. The first kappa shape index (κ1) is 19.2. The van der Waals surface area contributed by atoms with Gasteiger partial charge in [0.25, 0.3) is 0 Å². The highest BCUT2D eigenvalue weighted by Gasteiger charge is 2.61. The molecule has 0 saturated carbocycles. The van der Waals surface area contributed by atoms with E-state index in [4.69, 9.17) is 4.74 Å². The van der Waals surface area contributed by atoms with Crippen LogP contribution in [0, 0.1) is 5.82 Å². The molecular weight excluding hydrogens is 383 g/mol. The number of likely N-dealkylation sites (tertiary alicyclic amines) is 1. The number of para-hydroxylation sites is 1. The lowest BCUT2D eigenvalue weighted by molar-refractivity contribution is 0.143. The number of benzene rings is 2. The molecule has 2 atom stereocenters. The monoisotopic (exact) mass is 406 g/mol. The number of anilines is 1. The number of rotatable bonds is 4. The van der Waals surface area contributed by atoms with E-state index in [1.54, 1.807) is 36.4 Å². The van der Waals surface area contributed by atoms with E-state index in [-0.39, 0.29) is 18.8 Å². The highest BCUT2D eigenvalue weighted by Crippen LogP contribution is 2.43. The Labute approximate surface area is 164 Å². The molecule has 8 heteroatoms. The normalized spacial score (nSPS) is 26.8. The smallest absolute Gasteiger partial charge is 0.244 e. The number of aliphatic hydroxyl groups excluding tert-OH is 1. The molecule has 2 saturated heterocycles. The van der Waals surface area contributed by atoms with Gasteiger partial charge in [0, 0.05) is 19.6 Å². The molecule has 2 aromatic rings. The van der Waals surface area contributed by atoms with Gasteiger partial charge < -0.3 is 9.84 Å². The van der Waals surface area contributed by atoms with Gasteiger partial charge in [-0.05, 0) is 36.2 Å². The van der Waals surface area contributed by atoms with Gasteiger partial charge in [0.1, 0.15) is 4.75 Å². The number of nitrogens with zero attached hydrogens (tertiary/aromatic N) is 2. The van der Waals surface area contributed by atoms with Gasteiger partial charge in [0.15, 0.2) is 11.6 Å². The van der Waals surface area contributed by atoms with Crippen LogP contribution in [0.2, 0.25) is 0 Å². The predicted molar refractivity (Wildman–Crippen MR) is 104 cm³/mol. The van der Waals surface area contributed by atoms with Crippen LogP contribution in [-0.4, -0.2) is 56.0 Å². The lowest BCUT2D eigenvalue weighted by Gasteiger charge is -2.27. The molecule has 1 N–H and O–H groups in total. The van der Waals surface area contributed by atoms with Crippen LogP contribution in [0.25, 0.3) is 0 Å². The van der Waals surface area contributed by atoms with Crippen molar-refractivity contribution >= 4 is 15.7 Å². The van der Waals surface area contributed by atoms with E-state index < -0.39 is 26.7 Å². The van der Waals surface area contributed by atoms with Crippen LogP contribution in [0.4, 0.5) is 10.1 Å². The van der Waals surface area contributed by atoms with Crippen molar-refractivity contribution in [2.75, 3.05) is 31.0 Å². The Balaban J connectivity index is 1.56. The zero-order valence-electron chi connectivity index (χ0n) is 15.6. The van der Waals surface area contributed by atoms with E-state index in [1.807, 2.05) is 11.0 Å². The molecule has 28 heavy (non-hydrogen) atoms. The summed E-state index contributed by atoms with van der Waals surface area (Å²) in [6, 6.07) is 13.6. The maximum absolute atomic E-state index is 14.0. The second kappa shape index (κ2) is 7.02. The zero-order chi connectivity index (χ0) is 19.9. The molecule has 0 amide bonds. The van der Waals surface area contributed by atoms with E-state index in [0.29, 0.717) is 25.2 Å². The first-order valence-electron chi connectivity index (χ1n) is 9.17. The number of halogens is 1. The van der Waals surface area contributed by atoms with Crippen LogP contribution in [0.15, 0.2) is 48.5 Å². The maximum Gasteiger partial charge on any atom is 0.244 e. The Morgan fingerprint density at radius 3 is 2.68 bits per heavy atom. The van der Waals surface area contributed by atoms with Crippen molar-refractivity contribution in [2.45, 2.75) is 23.8 Å². The number of methoxy groups -OCH3 is 1. The molecule has 2 aliphatic heterocycles. The lowest BCUT2D eigenvalue weighted by atomic mass is 10.0. The maximum atomic E-state index is 14.0. The topological polar surface area (TPSA) is 70.1 Å². The third-order valence-electron chi connectivity index (χ3n) is 5.76. The average Bonchev–Trinajstić information content (AvgIpc) is 3.19.